The highest BCUT2D eigenvalue weighted by atomic mass is 35.5. The fourth-order valence-corrected chi connectivity index (χ4v) is 2.17. The van der Waals surface area contributed by atoms with Crippen LogP contribution in [-0.2, 0) is 14.6 Å². The fraction of sp³-hybridized carbons (Fsp3) is 0.111. The highest BCUT2D eigenvalue weighted by molar-refractivity contribution is 7.95. The van der Waals surface area contributed by atoms with E-state index in [0.29, 0.717) is 11.3 Å². The van der Waals surface area contributed by atoms with Crippen molar-refractivity contribution < 1.29 is 18.3 Å². The number of hydrogen-bond acceptors (Lipinski definition) is 4. The van der Waals surface area contributed by atoms with E-state index in [1.165, 1.54) is 24.3 Å². The third kappa shape index (κ3) is 2.43. The molecular weight excluding hydrogens is 240 g/mol. The Hall–Kier alpha value is -1.20. The van der Waals surface area contributed by atoms with Crippen LogP contribution in [0.2, 0.25) is 5.02 Å². The molecule has 0 aliphatic carbocycles. The maximum atomic E-state index is 11.7. The van der Waals surface area contributed by atoms with Gasteiger partial charge in [-0.3, -0.25) is 0 Å². The number of halogens is 1. The van der Waals surface area contributed by atoms with Gasteiger partial charge in [0.2, 0.25) is 9.84 Å². The first-order chi connectivity index (χ1) is 7.02. The molecule has 0 saturated heterocycles. The molecule has 0 radical (unpaired) electrons. The summed E-state index contributed by atoms with van der Waals surface area (Å²) in [4.78, 5) is 0.00838. The van der Waals surface area contributed by atoms with Gasteiger partial charge in [-0.2, -0.15) is 0 Å². The molecule has 1 N–H and O–H groups in total. The highest BCUT2D eigenvalue weighted by Crippen LogP contribution is 2.20. The molecule has 0 saturated carbocycles. The van der Waals surface area contributed by atoms with Crippen molar-refractivity contribution >= 4 is 21.4 Å². The molecular formula is C9H9ClO4S. The van der Waals surface area contributed by atoms with Gasteiger partial charge in [0.05, 0.1) is 12.0 Å². The van der Waals surface area contributed by atoms with Gasteiger partial charge in [-0.25, -0.2) is 8.42 Å². The standard InChI is InChI=1S/C9H9ClO4S/c1-14-9(6-11)15(12,13)8-4-2-7(10)3-5-8/h2-6,11H,1H3/b9-6-. The molecule has 1 rings (SSSR count). The minimum Gasteiger partial charge on any atom is -0.511 e. The van der Waals surface area contributed by atoms with E-state index in [-0.39, 0.29) is 4.90 Å². The Morgan fingerprint density at radius 2 is 1.93 bits per heavy atom. The lowest BCUT2D eigenvalue weighted by Gasteiger charge is -2.05. The lowest BCUT2D eigenvalue weighted by Crippen LogP contribution is -2.06. The molecule has 1 aromatic carbocycles. The van der Waals surface area contributed by atoms with Crippen LogP contribution in [0.3, 0.4) is 0 Å². The quantitative estimate of drug-likeness (QED) is 0.833. The first-order valence-corrected chi connectivity index (χ1v) is 5.77. The summed E-state index contributed by atoms with van der Waals surface area (Å²) in [7, 11) is -2.63. The van der Waals surface area contributed by atoms with E-state index in [9.17, 15) is 8.42 Å². The van der Waals surface area contributed by atoms with Crippen LogP contribution >= 0.6 is 11.6 Å². The zero-order valence-corrected chi connectivity index (χ0v) is 9.42. The van der Waals surface area contributed by atoms with Crippen molar-refractivity contribution in [1.29, 1.82) is 0 Å². The summed E-state index contributed by atoms with van der Waals surface area (Å²) >= 11 is 5.62. The Labute approximate surface area is 92.7 Å². The Bertz CT molecular complexity index is 461. The van der Waals surface area contributed by atoms with Crippen molar-refractivity contribution in [2.75, 3.05) is 7.11 Å². The second-order valence-electron chi connectivity index (χ2n) is 2.61. The predicted octanol–water partition coefficient (Wildman–Crippen LogP) is 2.12. The lowest BCUT2D eigenvalue weighted by molar-refractivity contribution is 0.296. The zero-order valence-electron chi connectivity index (χ0n) is 7.84. The third-order valence-electron chi connectivity index (χ3n) is 1.70. The number of methoxy groups -OCH3 is 1. The van der Waals surface area contributed by atoms with Gasteiger partial charge in [0, 0.05) is 5.02 Å². The van der Waals surface area contributed by atoms with E-state index in [1.54, 1.807) is 0 Å². The number of benzene rings is 1. The minimum atomic E-state index is -3.79. The largest absolute Gasteiger partial charge is 0.511 e. The van der Waals surface area contributed by atoms with Gasteiger partial charge >= 0.3 is 0 Å². The van der Waals surface area contributed by atoms with Gasteiger partial charge in [-0.05, 0) is 24.3 Å². The van der Waals surface area contributed by atoms with Crippen molar-refractivity contribution in [1.82, 2.24) is 0 Å². The Morgan fingerprint density at radius 3 is 2.33 bits per heavy atom. The zero-order chi connectivity index (χ0) is 11.5. The summed E-state index contributed by atoms with van der Waals surface area (Å²) < 4.78 is 28.0. The molecule has 0 aromatic heterocycles. The molecule has 0 fully saturated rings. The van der Waals surface area contributed by atoms with E-state index in [1.807, 2.05) is 0 Å². The molecule has 4 nitrogen and oxygen atoms in total. The van der Waals surface area contributed by atoms with Gasteiger partial charge in [0.25, 0.3) is 5.09 Å². The molecule has 0 aliphatic heterocycles. The van der Waals surface area contributed by atoms with Crippen molar-refractivity contribution in [2.24, 2.45) is 0 Å². The van der Waals surface area contributed by atoms with Crippen molar-refractivity contribution in [2.45, 2.75) is 4.90 Å². The maximum absolute atomic E-state index is 11.7. The van der Waals surface area contributed by atoms with Crippen molar-refractivity contribution in [3.8, 4) is 0 Å². The molecule has 1 aromatic rings. The van der Waals surface area contributed by atoms with Crippen LogP contribution in [0, 0.1) is 0 Å². The molecule has 0 amide bonds. The SMILES string of the molecule is CO/C(=C/O)S(=O)(=O)c1ccc(Cl)cc1. The second-order valence-corrected chi connectivity index (χ2v) is 4.93. The molecule has 0 bridgehead atoms. The van der Waals surface area contributed by atoms with E-state index in [4.69, 9.17) is 16.7 Å². The monoisotopic (exact) mass is 248 g/mol. The van der Waals surface area contributed by atoms with Crippen molar-refractivity contribution in [3.63, 3.8) is 0 Å². The van der Waals surface area contributed by atoms with Gasteiger partial charge in [0.1, 0.15) is 6.26 Å². The molecule has 0 aliphatic rings. The van der Waals surface area contributed by atoms with Gasteiger partial charge in [-0.1, -0.05) is 11.6 Å². The van der Waals surface area contributed by atoms with Gasteiger partial charge in [0.15, 0.2) is 0 Å². The molecule has 15 heavy (non-hydrogen) atoms. The third-order valence-corrected chi connectivity index (χ3v) is 3.64. The summed E-state index contributed by atoms with van der Waals surface area (Å²) in [6.45, 7) is 0. The summed E-state index contributed by atoms with van der Waals surface area (Å²) in [5.74, 6) is 0. The summed E-state index contributed by atoms with van der Waals surface area (Å²) in [6.07, 6.45) is 0.407. The van der Waals surface area contributed by atoms with E-state index in [0.717, 1.165) is 7.11 Å². The van der Waals surface area contributed by atoms with Gasteiger partial charge in [-0.15, -0.1) is 0 Å². The minimum absolute atomic E-state index is 0.00838. The number of rotatable bonds is 3. The molecule has 0 atom stereocenters. The highest BCUT2D eigenvalue weighted by Gasteiger charge is 2.21. The van der Waals surface area contributed by atoms with Crippen LogP contribution in [0.4, 0.5) is 0 Å². The van der Waals surface area contributed by atoms with Crippen LogP contribution in [0.5, 0.6) is 0 Å². The number of sulfone groups is 1. The average Bonchev–Trinajstić information content (AvgIpc) is 2.19. The van der Waals surface area contributed by atoms with E-state index >= 15 is 0 Å². The van der Waals surface area contributed by atoms with Crippen LogP contribution in [0.1, 0.15) is 0 Å². The first kappa shape index (κ1) is 11.9. The molecule has 82 valence electrons. The first-order valence-electron chi connectivity index (χ1n) is 3.91. The van der Waals surface area contributed by atoms with E-state index in [2.05, 4.69) is 4.74 Å². The predicted molar refractivity (Wildman–Crippen MR) is 56.4 cm³/mol. The average molecular weight is 249 g/mol. The lowest BCUT2D eigenvalue weighted by atomic mass is 10.4. The molecule has 0 spiro atoms. The number of aliphatic hydroxyl groups is 1. The van der Waals surface area contributed by atoms with Gasteiger partial charge < -0.3 is 9.84 Å². The Balaban J connectivity index is 3.23. The fourth-order valence-electron chi connectivity index (χ4n) is 0.962. The Morgan fingerprint density at radius 1 is 1.40 bits per heavy atom. The molecule has 0 heterocycles. The maximum Gasteiger partial charge on any atom is 0.251 e. The molecule has 0 unspecified atom stereocenters. The number of aliphatic hydroxyl groups excluding tert-OH is 1. The van der Waals surface area contributed by atoms with Crippen LogP contribution < -0.4 is 0 Å². The Kier molecular flexibility index (Phi) is 3.60. The summed E-state index contributed by atoms with van der Waals surface area (Å²) in [6, 6.07) is 5.55. The topological polar surface area (TPSA) is 63.6 Å². The van der Waals surface area contributed by atoms with Crippen LogP contribution in [0.25, 0.3) is 0 Å². The number of hydrogen-bond donors (Lipinski definition) is 1. The smallest absolute Gasteiger partial charge is 0.251 e. The molecule has 6 heteroatoms. The van der Waals surface area contributed by atoms with Crippen LogP contribution in [-0.4, -0.2) is 20.6 Å². The summed E-state index contributed by atoms with van der Waals surface area (Å²) in [5, 5.41) is 8.61. The number of ether oxygens (including phenoxy) is 1. The normalized spacial score (nSPS) is 12.5. The van der Waals surface area contributed by atoms with Crippen molar-refractivity contribution in [3.05, 3.63) is 40.6 Å². The van der Waals surface area contributed by atoms with E-state index < -0.39 is 14.9 Å². The second kappa shape index (κ2) is 4.55. The summed E-state index contributed by atoms with van der Waals surface area (Å²) in [5.41, 5.74) is 0. The van der Waals surface area contributed by atoms with Crippen LogP contribution in [0.15, 0.2) is 40.5 Å².